The average Bonchev–Trinajstić information content (AvgIpc) is 2.15. The molecule has 0 aromatic rings. The highest BCUT2D eigenvalue weighted by Gasteiger charge is 2.37. The Bertz CT molecular complexity index is 237. The van der Waals surface area contributed by atoms with Crippen molar-refractivity contribution in [2.45, 2.75) is 26.7 Å². The standard InChI is InChI=1S/C11H19NO2/c1-3-4-7-12-8-5-6-11(2,9-12)10(13)14/h3-4H,5-9H2,1-2H3,(H,13,14)/b4-3+. The molecule has 0 amide bonds. The third kappa shape index (κ3) is 2.58. The van der Waals surface area contributed by atoms with Gasteiger partial charge in [0.05, 0.1) is 5.41 Å². The average molecular weight is 197 g/mol. The molecular weight excluding hydrogens is 178 g/mol. The first-order valence-electron chi connectivity index (χ1n) is 5.15. The fourth-order valence-electron chi connectivity index (χ4n) is 1.93. The van der Waals surface area contributed by atoms with Crippen molar-refractivity contribution in [3.8, 4) is 0 Å². The van der Waals surface area contributed by atoms with E-state index in [1.54, 1.807) is 0 Å². The van der Waals surface area contributed by atoms with Crippen molar-refractivity contribution in [2.24, 2.45) is 5.41 Å². The van der Waals surface area contributed by atoms with E-state index in [0.29, 0.717) is 6.54 Å². The third-order valence-electron chi connectivity index (χ3n) is 2.89. The second-order valence-corrected chi connectivity index (χ2v) is 4.27. The van der Waals surface area contributed by atoms with Crippen molar-refractivity contribution in [3.05, 3.63) is 12.2 Å². The second kappa shape index (κ2) is 4.60. The van der Waals surface area contributed by atoms with Crippen molar-refractivity contribution in [3.63, 3.8) is 0 Å². The van der Waals surface area contributed by atoms with Crippen LogP contribution in [0.15, 0.2) is 12.2 Å². The monoisotopic (exact) mass is 197 g/mol. The van der Waals surface area contributed by atoms with Crippen LogP contribution in [0.25, 0.3) is 0 Å². The van der Waals surface area contributed by atoms with Crippen LogP contribution in [-0.2, 0) is 4.79 Å². The maximum Gasteiger partial charge on any atom is 0.310 e. The molecule has 3 heteroatoms. The predicted octanol–water partition coefficient (Wildman–Crippen LogP) is 1.75. The number of piperidine rings is 1. The number of nitrogens with zero attached hydrogens (tertiary/aromatic N) is 1. The van der Waals surface area contributed by atoms with E-state index in [-0.39, 0.29) is 0 Å². The van der Waals surface area contributed by atoms with Crippen LogP contribution in [0.3, 0.4) is 0 Å². The first-order chi connectivity index (χ1) is 6.58. The number of aliphatic carboxylic acids is 1. The first-order valence-corrected chi connectivity index (χ1v) is 5.15. The Kier molecular flexibility index (Phi) is 3.69. The van der Waals surface area contributed by atoms with E-state index in [1.807, 2.05) is 19.9 Å². The van der Waals surface area contributed by atoms with Crippen molar-refractivity contribution in [2.75, 3.05) is 19.6 Å². The smallest absolute Gasteiger partial charge is 0.310 e. The Balaban J connectivity index is 2.55. The minimum absolute atomic E-state index is 0.542. The molecule has 80 valence electrons. The quantitative estimate of drug-likeness (QED) is 0.701. The molecule has 0 aromatic carbocycles. The zero-order valence-corrected chi connectivity index (χ0v) is 8.99. The van der Waals surface area contributed by atoms with Gasteiger partial charge in [-0.3, -0.25) is 9.69 Å². The molecule has 3 nitrogen and oxygen atoms in total. The van der Waals surface area contributed by atoms with Gasteiger partial charge in [-0.25, -0.2) is 0 Å². The summed E-state index contributed by atoms with van der Waals surface area (Å²) in [5.74, 6) is -0.664. The topological polar surface area (TPSA) is 40.5 Å². The van der Waals surface area contributed by atoms with E-state index in [1.165, 1.54) is 0 Å². The van der Waals surface area contributed by atoms with Crippen LogP contribution in [-0.4, -0.2) is 35.6 Å². The van der Waals surface area contributed by atoms with Crippen LogP contribution < -0.4 is 0 Å². The van der Waals surface area contributed by atoms with Crippen LogP contribution in [0.4, 0.5) is 0 Å². The molecule has 0 bridgehead atoms. The van der Waals surface area contributed by atoms with E-state index in [4.69, 9.17) is 5.11 Å². The molecule has 0 aromatic heterocycles. The molecule has 0 spiro atoms. The zero-order chi connectivity index (χ0) is 10.6. The molecular formula is C11H19NO2. The summed E-state index contributed by atoms with van der Waals surface area (Å²) >= 11 is 0. The SMILES string of the molecule is C/C=C/CN1CCCC(C)(C(=O)O)C1. The molecule has 1 fully saturated rings. The van der Waals surface area contributed by atoms with Crippen molar-refractivity contribution >= 4 is 5.97 Å². The van der Waals surface area contributed by atoms with Gasteiger partial charge in [-0.2, -0.15) is 0 Å². The number of hydrogen-bond donors (Lipinski definition) is 1. The maximum atomic E-state index is 11.1. The lowest BCUT2D eigenvalue weighted by Gasteiger charge is -2.36. The highest BCUT2D eigenvalue weighted by Crippen LogP contribution is 2.29. The predicted molar refractivity (Wildman–Crippen MR) is 56.2 cm³/mol. The summed E-state index contributed by atoms with van der Waals surface area (Å²) < 4.78 is 0. The molecule has 1 aliphatic rings. The molecule has 1 heterocycles. The molecule has 0 radical (unpaired) electrons. The molecule has 0 aliphatic carbocycles. The second-order valence-electron chi connectivity index (χ2n) is 4.27. The lowest BCUT2D eigenvalue weighted by Crippen LogP contribution is -2.45. The minimum atomic E-state index is -0.664. The summed E-state index contributed by atoms with van der Waals surface area (Å²) in [5.41, 5.74) is -0.542. The summed E-state index contributed by atoms with van der Waals surface area (Å²) in [6, 6.07) is 0. The Morgan fingerprint density at radius 1 is 1.64 bits per heavy atom. The molecule has 1 saturated heterocycles. The van der Waals surface area contributed by atoms with E-state index >= 15 is 0 Å². The van der Waals surface area contributed by atoms with Gasteiger partial charge in [0.25, 0.3) is 0 Å². The fourth-order valence-corrected chi connectivity index (χ4v) is 1.93. The van der Waals surface area contributed by atoms with Crippen LogP contribution >= 0.6 is 0 Å². The number of carboxylic acids is 1. The number of rotatable bonds is 3. The normalized spacial score (nSPS) is 29.6. The number of likely N-dealkylation sites (tertiary alicyclic amines) is 1. The van der Waals surface area contributed by atoms with E-state index < -0.39 is 11.4 Å². The lowest BCUT2D eigenvalue weighted by molar-refractivity contribution is -0.151. The Hall–Kier alpha value is -0.830. The van der Waals surface area contributed by atoms with Gasteiger partial charge in [-0.15, -0.1) is 0 Å². The zero-order valence-electron chi connectivity index (χ0n) is 8.99. The summed E-state index contributed by atoms with van der Waals surface area (Å²) in [5, 5.41) is 9.10. The van der Waals surface area contributed by atoms with Gasteiger partial charge in [-0.1, -0.05) is 12.2 Å². The molecule has 1 unspecified atom stereocenters. The van der Waals surface area contributed by atoms with Crippen molar-refractivity contribution in [1.29, 1.82) is 0 Å². The summed E-state index contributed by atoms with van der Waals surface area (Å²) in [7, 11) is 0. The largest absolute Gasteiger partial charge is 0.481 e. The maximum absolute atomic E-state index is 11.1. The fraction of sp³-hybridized carbons (Fsp3) is 0.727. The Morgan fingerprint density at radius 3 is 2.93 bits per heavy atom. The number of hydrogen-bond acceptors (Lipinski definition) is 2. The first kappa shape index (κ1) is 11.2. The number of allylic oxidation sites excluding steroid dienone is 1. The summed E-state index contributed by atoms with van der Waals surface area (Å²) in [4.78, 5) is 13.3. The number of carbonyl (C=O) groups is 1. The van der Waals surface area contributed by atoms with Gasteiger partial charge < -0.3 is 5.11 Å². The van der Waals surface area contributed by atoms with Gasteiger partial charge >= 0.3 is 5.97 Å². The number of carboxylic acid groups (broad SMARTS) is 1. The minimum Gasteiger partial charge on any atom is -0.481 e. The van der Waals surface area contributed by atoms with Crippen LogP contribution in [0.1, 0.15) is 26.7 Å². The van der Waals surface area contributed by atoms with Crippen molar-refractivity contribution in [1.82, 2.24) is 4.90 Å². The highest BCUT2D eigenvalue weighted by molar-refractivity contribution is 5.74. The van der Waals surface area contributed by atoms with Gasteiger partial charge in [0, 0.05) is 13.1 Å². The Labute approximate surface area is 85.4 Å². The molecule has 1 aliphatic heterocycles. The molecule has 1 N–H and O–H groups in total. The van der Waals surface area contributed by atoms with Crippen LogP contribution in [0, 0.1) is 5.41 Å². The van der Waals surface area contributed by atoms with Gasteiger partial charge in [-0.05, 0) is 33.2 Å². The molecule has 0 saturated carbocycles. The van der Waals surface area contributed by atoms with Gasteiger partial charge in [0.1, 0.15) is 0 Å². The highest BCUT2D eigenvalue weighted by atomic mass is 16.4. The van der Waals surface area contributed by atoms with E-state index in [0.717, 1.165) is 25.9 Å². The molecule has 14 heavy (non-hydrogen) atoms. The van der Waals surface area contributed by atoms with E-state index in [2.05, 4.69) is 11.0 Å². The molecule has 1 rings (SSSR count). The van der Waals surface area contributed by atoms with E-state index in [9.17, 15) is 4.79 Å². The summed E-state index contributed by atoms with van der Waals surface area (Å²) in [6.07, 6.45) is 5.87. The lowest BCUT2D eigenvalue weighted by atomic mass is 9.82. The van der Waals surface area contributed by atoms with Crippen LogP contribution in [0.5, 0.6) is 0 Å². The van der Waals surface area contributed by atoms with Gasteiger partial charge in [0.2, 0.25) is 0 Å². The Morgan fingerprint density at radius 2 is 2.36 bits per heavy atom. The third-order valence-corrected chi connectivity index (χ3v) is 2.89. The summed E-state index contributed by atoms with van der Waals surface area (Å²) in [6.45, 7) is 6.40. The van der Waals surface area contributed by atoms with Crippen LogP contribution in [0.2, 0.25) is 0 Å². The van der Waals surface area contributed by atoms with Gasteiger partial charge in [0.15, 0.2) is 0 Å². The van der Waals surface area contributed by atoms with Crippen molar-refractivity contribution < 1.29 is 9.90 Å². The molecule has 1 atom stereocenters.